The molecule has 11 nitrogen and oxygen atoms in total. The van der Waals surface area contributed by atoms with Crippen LogP contribution in [0.2, 0.25) is 0 Å². The Hall–Kier alpha value is -2.66. The molecule has 0 aromatic heterocycles. The lowest BCUT2D eigenvalue weighted by Crippen LogP contribution is -2.63. The monoisotopic (exact) mass is 644 g/mol. The largest absolute Gasteiger partial charge is 0.464 e. The minimum absolute atomic E-state index is 0.0502. The van der Waals surface area contributed by atoms with Crippen LogP contribution >= 0.6 is 7.60 Å². The van der Waals surface area contributed by atoms with Crippen molar-refractivity contribution in [2.45, 2.75) is 83.3 Å². The van der Waals surface area contributed by atoms with Crippen LogP contribution in [-0.2, 0) is 37.7 Å². The van der Waals surface area contributed by atoms with E-state index in [1.54, 1.807) is 49.4 Å². The number of allylic oxidation sites excluding steroid dienone is 4. The first-order chi connectivity index (χ1) is 21.3. The number of carbonyl (C=O) groups is 3. The van der Waals surface area contributed by atoms with Gasteiger partial charge in [-0.3, -0.25) is 14.1 Å². The molecule has 11 atom stereocenters. The Morgan fingerprint density at radius 2 is 1.93 bits per heavy atom. The maximum Gasteiger partial charge on any atom is 0.436 e. The molecule has 0 spiro atoms. The number of aliphatic hydroxyl groups is 2. The van der Waals surface area contributed by atoms with Crippen LogP contribution in [-0.4, -0.2) is 70.9 Å². The van der Waals surface area contributed by atoms with Gasteiger partial charge in [-0.2, -0.15) is 0 Å². The van der Waals surface area contributed by atoms with Crippen molar-refractivity contribution in [1.82, 2.24) is 0 Å². The van der Waals surface area contributed by atoms with Gasteiger partial charge in [0.2, 0.25) is 0 Å². The number of rotatable bonds is 9. The van der Waals surface area contributed by atoms with E-state index in [4.69, 9.17) is 23.3 Å². The van der Waals surface area contributed by atoms with E-state index in [-0.39, 0.29) is 42.3 Å². The summed E-state index contributed by atoms with van der Waals surface area (Å²) in [6.45, 7) is 6.15. The van der Waals surface area contributed by atoms with Crippen molar-refractivity contribution in [1.29, 1.82) is 0 Å². The fourth-order valence-corrected chi connectivity index (χ4v) is 10.8. The summed E-state index contributed by atoms with van der Waals surface area (Å²) in [5.74, 6) is -1.73. The summed E-state index contributed by atoms with van der Waals surface area (Å²) in [4.78, 5) is 38.6. The van der Waals surface area contributed by atoms with Crippen molar-refractivity contribution >= 4 is 25.1 Å². The van der Waals surface area contributed by atoms with Crippen molar-refractivity contribution in [3.05, 3.63) is 54.1 Å². The van der Waals surface area contributed by atoms with Gasteiger partial charge in [-0.15, -0.1) is 0 Å². The number of Topliss-reactive ketones (excluding diaryl/α,β-unsaturated/α-hetero) is 1. The van der Waals surface area contributed by atoms with E-state index in [0.29, 0.717) is 19.3 Å². The van der Waals surface area contributed by atoms with Gasteiger partial charge in [-0.05, 0) is 75.7 Å². The van der Waals surface area contributed by atoms with Crippen LogP contribution in [0.3, 0.4) is 0 Å². The number of benzene rings is 1. The summed E-state index contributed by atoms with van der Waals surface area (Å²) in [6.07, 6.45) is 3.85. The highest BCUT2D eigenvalue weighted by Crippen LogP contribution is 2.72. The second-order valence-electron chi connectivity index (χ2n) is 13.3. The quantitative estimate of drug-likeness (QED) is 0.295. The second kappa shape index (κ2) is 11.5. The van der Waals surface area contributed by atoms with Gasteiger partial charge in [0, 0.05) is 16.7 Å². The molecule has 0 bridgehead atoms. The molecular formula is C33H41O11P. The molecule has 1 aliphatic heterocycles. The molecule has 1 aromatic rings. The Kier molecular flexibility index (Phi) is 8.28. The molecule has 6 rings (SSSR count). The molecular weight excluding hydrogens is 603 g/mol. The first kappa shape index (κ1) is 32.3. The SMILES string of the molecule is CCOC(=O)[C@@H](C)OP(=O)(Oc1ccccc1)C1O[C@@H]2C[C@H]3[C@@H]4CCC5=CC(=O)C=C[C@]5(C)[C@H]4[C@@H](O)C[C@]3(C)[C@]2(C(=O)CO)O1. The molecule has 0 radical (unpaired) electrons. The summed E-state index contributed by atoms with van der Waals surface area (Å²) in [5.41, 5.74) is -2.32. The van der Waals surface area contributed by atoms with Gasteiger partial charge < -0.3 is 28.9 Å². The van der Waals surface area contributed by atoms with Gasteiger partial charge in [-0.1, -0.05) is 43.7 Å². The predicted molar refractivity (Wildman–Crippen MR) is 160 cm³/mol. The summed E-state index contributed by atoms with van der Waals surface area (Å²) >= 11 is 0. The van der Waals surface area contributed by atoms with E-state index in [1.165, 1.54) is 6.92 Å². The second-order valence-corrected chi connectivity index (χ2v) is 15.2. The zero-order chi connectivity index (χ0) is 32.4. The van der Waals surface area contributed by atoms with E-state index < -0.39 is 66.7 Å². The van der Waals surface area contributed by atoms with Gasteiger partial charge in [0.1, 0.15) is 12.4 Å². The average molecular weight is 645 g/mol. The molecule has 0 amide bonds. The Morgan fingerprint density at radius 3 is 2.62 bits per heavy atom. The van der Waals surface area contributed by atoms with E-state index >= 15 is 0 Å². The van der Waals surface area contributed by atoms with E-state index in [2.05, 4.69) is 6.92 Å². The van der Waals surface area contributed by atoms with E-state index in [0.717, 1.165) is 5.57 Å². The maximum absolute atomic E-state index is 14.6. The normalized spacial score (nSPS) is 40.2. The zero-order valence-corrected chi connectivity index (χ0v) is 26.8. The molecule has 1 heterocycles. The lowest BCUT2D eigenvalue weighted by Gasteiger charge is -2.59. The van der Waals surface area contributed by atoms with Crippen molar-refractivity contribution in [3.63, 3.8) is 0 Å². The first-order valence-corrected chi connectivity index (χ1v) is 17.2. The average Bonchev–Trinajstić information content (AvgIpc) is 3.51. The molecule has 4 aliphatic carbocycles. The lowest BCUT2D eigenvalue weighted by molar-refractivity contribution is -0.191. The van der Waals surface area contributed by atoms with Crippen LogP contribution in [0.4, 0.5) is 0 Å². The Balaban J connectivity index is 1.36. The molecule has 244 valence electrons. The highest BCUT2D eigenvalue weighted by molar-refractivity contribution is 7.54. The van der Waals surface area contributed by atoms with Gasteiger partial charge in [0.05, 0.1) is 18.8 Å². The highest BCUT2D eigenvalue weighted by Gasteiger charge is 2.77. The fraction of sp³-hybridized carbons (Fsp3) is 0.606. The minimum atomic E-state index is -4.52. The third-order valence-electron chi connectivity index (χ3n) is 10.9. The van der Waals surface area contributed by atoms with Crippen LogP contribution in [0.15, 0.2) is 54.1 Å². The number of esters is 1. The lowest BCUT2D eigenvalue weighted by atomic mass is 9.46. The summed E-state index contributed by atoms with van der Waals surface area (Å²) in [7, 11) is -4.52. The standard InChI is InChI=1S/C33H41O11P/c1-5-40-29(38)19(2)43-45(39,44-22-9-7-6-8-10-22)30-41-27-16-24-23-12-11-20-15-21(35)13-14-31(20,3)28(23)25(36)17-32(24,4)33(27,42-30)26(37)18-34/h6-10,13-15,19,23-25,27-28,30,34,36H,5,11-12,16-18H2,1-4H3/t19-,23+,24+,25+,27-,28-,30?,31+,32+,33-,45?/m1/s1. The number of carbonyl (C=O) groups excluding carboxylic acids is 3. The molecule has 45 heavy (non-hydrogen) atoms. The molecule has 3 saturated carbocycles. The number of aliphatic hydroxyl groups excluding tert-OH is 2. The van der Waals surface area contributed by atoms with E-state index in [9.17, 15) is 29.2 Å². The van der Waals surface area contributed by atoms with Crippen molar-refractivity contribution in [3.8, 4) is 5.75 Å². The molecule has 1 saturated heterocycles. The Bertz CT molecular complexity index is 1470. The van der Waals surface area contributed by atoms with Crippen LogP contribution < -0.4 is 4.52 Å². The molecule has 1 aromatic carbocycles. The molecule has 2 unspecified atom stereocenters. The van der Waals surface area contributed by atoms with Crippen LogP contribution in [0.1, 0.15) is 53.4 Å². The highest BCUT2D eigenvalue weighted by atomic mass is 31.2. The van der Waals surface area contributed by atoms with Crippen LogP contribution in [0.25, 0.3) is 0 Å². The number of para-hydroxylation sites is 1. The number of hydrogen-bond donors (Lipinski definition) is 2. The first-order valence-electron chi connectivity index (χ1n) is 15.6. The van der Waals surface area contributed by atoms with Crippen LogP contribution in [0.5, 0.6) is 5.75 Å². The minimum Gasteiger partial charge on any atom is -0.464 e. The summed E-state index contributed by atoms with van der Waals surface area (Å²) in [6, 6.07) is 6.49. The number of ether oxygens (including phenoxy) is 3. The van der Waals surface area contributed by atoms with Gasteiger partial charge in [0.15, 0.2) is 23.3 Å². The molecule has 5 aliphatic rings. The van der Waals surface area contributed by atoms with Crippen LogP contribution in [0, 0.1) is 28.6 Å². The third kappa shape index (κ3) is 4.89. The number of fused-ring (bicyclic) bond motifs is 7. The fourth-order valence-electron chi connectivity index (χ4n) is 9.07. The summed E-state index contributed by atoms with van der Waals surface area (Å²) < 4.78 is 44.1. The Labute approximate surface area is 262 Å². The summed E-state index contributed by atoms with van der Waals surface area (Å²) in [5, 5.41) is 22.1. The number of hydrogen-bond acceptors (Lipinski definition) is 11. The zero-order valence-electron chi connectivity index (χ0n) is 25.9. The number of ketones is 2. The van der Waals surface area contributed by atoms with Crippen molar-refractivity contribution < 1.29 is 52.4 Å². The van der Waals surface area contributed by atoms with Gasteiger partial charge in [-0.25, -0.2) is 9.36 Å². The molecule has 4 fully saturated rings. The van der Waals surface area contributed by atoms with Crippen molar-refractivity contribution in [2.24, 2.45) is 28.6 Å². The Morgan fingerprint density at radius 1 is 1.20 bits per heavy atom. The smallest absolute Gasteiger partial charge is 0.436 e. The molecule has 12 heteroatoms. The molecule has 2 N–H and O–H groups in total. The van der Waals surface area contributed by atoms with E-state index in [1.807, 2.05) is 13.0 Å². The topological polar surface area (TPSA) is 155 Å². The van der Waals surface area contributed by atoms with Gasteiger partial charge >= 0.3 is 13.6 Å². The predicted octanol–water partition coefficient (Wildman–Crippen LogP) is 4.11. The third-order valence-corrected chi connectivity index (χ3v) is 12.8. The van der Waals surface area contributed by atoms with Gasteiger partial charge in [0.25, 0.3) is 6.03 Å². The maximum atomic E-state index is 14.6. The van der Waals surface area contributed by atoms with Crippen molar-refractivity contribution in [2.75, 3.05) is 13.2 Å².